The Morgan fingerprint density at radius 3 is 2.52 bits per heavy atom. The summed E-state index contributed by atoms with van der Waals surface area (Å²) in [6.45, 7) is -0.0852. The second kappa shape index (κ2) is 9.13. The molecule has 8 heteroatoms. The van der Waals surface area contributed by atoms with Gasteiger partial charge in [0.2, 0.25) is 5.78 Å². The minimum absolute atomic E-state index is 0.0178. The summed E-state index contributed by atoms with van der Waals surface area (Å²) in [5.41, 5.74) is 0.668. The summed E-state index contributed by atoms with van der Waals surface area (Å²) >= 11 is 3.28. The predicted octanol–water partition coefficient (Wildman–Crippen LogP) is 2.91. The smallest absolute Gasteiger partial charge is 0.218 e. The van der Waals surface area contributed by atoms with Crippen LogP contribution in [0.1, 0.15) is 21.6 Å². The molecule has 0 saturated heterocycles. The SMILES string of the molecule is COCOc1cc(C#N)c(Br)cc1C(=O)c1ncccc1OCOC. The van der Waals surface area contributed by atoms with Gasteiger partial charge >= 0.3 is 0 Å². The van der Waals surface area contributed by atoms with E-state index in [2.05, 4.69) is 20.9 Å². The van der Waals surface area contributed by atoms with Crippen molar-refractivity contribution in [3.63, 3.8) is 0 Å². The molecule has 0 spiro atoms. The Hall–Kier alpha value is -2.47. The molecular formula is C17H15BrN2O5. The van der Waals surface area contributed by atoms with Crippen molar-refractivity contribution in [1.82, 2.24) is 4.98 Å². The van der Waals surface area contributed by atoms with Crippen molar-refractivity contribution in [1.29, 1.82) is 5.26 Å². The van der Waals surface area contributed by atoms with Gasteiger partial charge in [-0.3, -0.25) is 4.79 Å². The van der Waals surface area contributed by atoms with Crippen LogP contribution in [0.4, 0.5) is 0 Å². The molecule has 0 saturated carbocycles. The fraction of sp³-hybridized carbons (Fsp3) is 0.235. The number of rotatable bonds is 8. The molecule has 1 heterocycles. The first-order valence-corrected chi connectivity index (χ1v) is 7.88. The van der Waals surface area contributed by atoms with Gasteiger partial charge < -0.3 is 18.9 Å². The number of pyridine rings is 1. The molecule has 0 unspecified atom stereocenters. The largest absolute Gasteiger partial charge is 0.467 e. The Labute approximate surface area is 153 Å². The minimum atomic E-state index is -0.414. The van der Waals surface area contributed by atoms with Crippen LogP contribution >= 0.6 is 15.9 Å². The zero-order valence-electron chi connectivity index (χ0n) is 13.6. The summed E-state index contributed by atoms with van der Waals surface area (Å²) in [4.78, 5) is 17.1. The number of hydrogen-bond donors (Lipinski definition) is 0. The molecule has 0 radical (unpaired) electrons. The Balaban J connectivity index is 2.48. The fourth-order valence-electron chi connectivity index (χ4n) is 1.99. The number of nitrogens with zero attached hydrogens (tertiary/aromatic N) is 2. The number of hydrogen-bond acceptors (Lipinski definition) is 7. The highest BCUT2D eigenvalue weighted by atomic mass is 79.9. The number of carbonyl (C=O) groups is 1. The molecule has 25 heavy (non-hydrogen) atoms. The maximum Gasteiger partial charge on any atom is 0.218 e. The number of ether oxygens (including phenoxy) is 4. The van der Waals surface area contributed by atoms with Crippen LogP contribution in [0.2, 0.25) is 0 Å². The van der Waals surface area contributed by atoms with E-state index in [1.807, 2.05) is 6.07 Å². The topological polar surface area (TPSA) is 90.7 Å². The number of nitriles is 1. The summed E-state index contributed by atoms with van der Waals surface area (Å²) < 4.78 is 21.0. The van der Waals surface area contributed by atoms with E-state index in [0.29, 0.717) is 10.0 Å². The van der Waals surface area contributed by atoms with Gasteiger partial charge in [0.1, 0.15) is 11.8 Å². The van der Waals surface area contributed by atoms with E-state index >= 15 is 0 Å². The van der Waals surface area contributed by atoms with Gasteiger partial charge in [0.25, 0.3) is 0 Å². The van der Waals surface area contributed by atoms with Gasteiger partial charge in [-0.1, -0.05) is 0 Å². The van der Waals surface area contributed by atoms with Crippen molar-refractivity contribution in [2.24, 2.45) is 0 Å². The number of carbonyl (C=O) groups excluding carboxylic acids is 1. The van der Waals surface area contributed by atoms with E-state index < -0.39 is 5.78 Å². The van der Waals surface area contributed by atoms with Gasteiger partial charge in [-0.05, 0) is 40.2 Å². The van der Waals surface area contributed by atoms with Gasteiger partial charge in [-0.2, -0.15) is 5.26 Å². The van der Waals surface area contributed by atoms with E-state index in [0.717, 1.165) is 0 Å². The van der Waals surface area contributed by atoms with E-state index in [9.17, 15) is 4.79 Å². The highest BCUT2D eigenvalue weighted by Gasteiger charge is 2.22. The molecule has 0 aliphatic carbocycles. The Morgan fingerprint density at radius 1 is 1.20 bits per heavy atom. The molecule has 0 bridgehead atoms. The van der Waals surface area contributed by atoms with Gasteiger partial charge in [-0.25, -0.2) is 4.98 Å². The van der Waals surface area contributed by atoms with E-state index in [-0.39, 0.29) is 36.3 Å². The van der Waals surface area contributed by atoms with Crippen molar-refractivity contribution in [2.45, 2.75) is 0 Å². The molecule has 1 aromatic carbocycles. The molecular weight excluding hydrogens is 392 g/mol. The highest BCUT2D eigenvalue weighted by Crippen LogP contribution is 2.30. The van der Waals surface area contributed by atoms with Crippen molar-refractivity contribution < 1.29 is 23.7 Å². The summed E-state index contributed by atoms with van der Waals surface area (Å²) in [5.74, 6) is 0.0884. The van der Waals surface area contributed by atoms with E-state index in [4.69, 9.17) is 24.2 Å². The first-order chi connectivity index (χ1) is 12.1. The second-order valence-electron chi connectivity index (χ2n) is 4.72. The Morgan fingerprint density at radius 2 is 1.88 bits per heavy atom. The lowest BCUT2D eigenvalue weighted by atomic mass is 10.0. The van der Waals surface area contributed by atoms with Crippen molar-refractivity contribution in [2.75, 3.05) is 27.8 Å². The first-order valence-electron chi connectivity index (χ1n) is 7.09. The average molecular weight is 407 g/mol. The Bertz CT molecular complexity index is 804. The number of methoxy groups -OCH3 is 2. The Kier molecular flexibility index (Phi) is 6.89. The van der Waals surface area contributed by atoms with Crippen LogP contribution in [0.3, 0.4) is 0 Å². The summed E-state index contributed by atoms with van der Waals surface area (Å²) in [6.07, 6.45) is 1.49. The standard InChI is InChI=1S/C17H15BrN2O5/c1-22-9-24-14-4-3-5-20-16(14)17(21)12-7-13(18)11(8-19)6-15(12)25-10-23-2/h3-7H,9-10H2,1-2H3. The molecule has 0 fully saturated rings. The lowest BCUT2D eigenvalue weighted by molar-refractivity contribution is 0.0492. The summed E-state index contributed by atoms with van der Waals surface area (Å²) in [6, 6.07) is 8.27. The first kappa shape index (κ1) is 18.9. The van der Waals surface area contributed by atoms with E-state index in [1.165, 1.54) is 32.5 Å². The van der Waals surface area contributed by atoms with Crippen molar-refractivity contribution in [3.8, 4) is 17.6 Å². The van der Waals surface area contributed by atoms with Crippen molar-refractivity contribution >= 4 is 21.7 Å². The van der Waals surface area contributed by atoms with Crippen LogP contribution in [0.15, 0.2) is 34.9 Å². The molecule has 0 amide bonds. The molecule has 0 atom stereocenters. The molecule has 0 N–H and O–H groups in total. The summed E-state index contributed by atoms with van der Waals surface area (Å²) in [7, 11) is 2.94. The van der Waals surface area contributed by atoms with Gasteiger partial charge in [0.15, 0.2) is 25.0 Å². The van der Waals surface area contributed by atoms with Crippen LogP contribution in [-0.4, -0.2) is 38.6 Å². The molecule has 0 aliphatic rings. The lowest BCUT2D eigenvalue weighted by Crippen LogP contribution is -2.12. The fourth-order valence-corrected chi connectivity index (χ4v) is 2.42. The maximum absolute atomic E-state index is 13.0. The van der Waals surface area contributed by atoms with Crippen LogP contribution in [0.25, 0.3) is 0 Å². The predicted molar refractivity (Wildman–Crippen MR) is 91.5 cm³/mol. The maximum atomic E-state index is 13.0. The molecule has 0 aliphatic heterocycles. The van der Waals surface area contributed by atoms with Gasteiger partial charge in [-0.15, -0.1) is 0 Å². The normalized spacial score (nSPS) is 10.2. The minimum Gasteiger partial charge on any atom is -0.467 e. The molecule has 2 aromatic rings. The highest BCUT2D eigenvalue weighted by molar-refractivity contribution is 9.10. The van der Waals surface area contributed by atoms with Crippen LogP contribution in [0.5, 0.6) is 11.5 Å². The number of benzene rings is 1. The van der Waals surface area contributed by atoms with Crippen LogP contribution in [0, 0.1) is 11.3 Å². The van der Waals surface area contributed by atoms with Gasteiger partial charge in [0.05, 0.1) is 11.1 Å². The second-order valence-corrected chi connectivity index (χ2v) is 5.58. The third-order valence-corrected chi connectivity index (χ3v) is 3.74. The molecule has 1 aromatic heterocycles. The quantitative estimate of drug-likeness (QED) is 0.491. The monoisotopic (exact) mass is 406 g/mol. The number of ketones is 1. The van der Waals surface area contributed by atoms with Crippen LogP contribution in [-0.2, 0) is 9.47 Å². The molecule has 130 valence electrons. The third kappa shape index (κ3) is 4.54. The van der Waals surface area contributed by atoms with Gasteiger partial charge in [0, 0.05) is 24.9 Å². The zero-order valence-corrected chi connectivity index (χ0v) is 15.2. The lowest BCUT2D eigenvalue weighted by Gasteiger charge is -2.13. The number of aromatic nitrogens is 1. The third-order valence-electron chi connectivity index (χ3n) is 3.08. The van der Waals surface area contributed by atoms with Crippen LogP contribution < -0.4 is 9.47 Å². The average Bonchev–Trinajstić information content (AvgIpc) is 2.64. The zero-order chi connectivity index (χ0) is 18.2. The van der Waals surface area contributed by atoms with Crippen molar-refractivity contribution in [3.05, 3.63) is 51.8 Å². The summed E-state index contributed by atoms with van der Waals surface area (Å²) in [5, 5.41) is 9.16. The molecule has 7 nitrogen and oxygen atoms in total. The van der Waals surface area contributed by atoms with E-state index in [1.54, 1.807) is 12.1 Å². The number of halogens is 1. The molecule has 2 rings (SSSR count).